The Morgan fingerprint density at radius 2 is 2.12 bits per heavy atom. The number of ether oxygens (including phenoxy) is 1. The summed E-state index contributed by atoms with van der Waals surface area (Å²) in [5.41, 5.74) is 0. The molecule has 0 bridgehead atoms. The van der Waals surface area contributed by atoms with Crippen LogP contribution in [0.4, 0.5) is 5.13 Å². The van der Waals surface area contributed by atoms with Crippen LogP contribution in [0.3, 0.4) is 0 Å². The molecule has 0 spiro atoms. The number of aromatic nitrogens is 3. The van der Waals surface area contributed by atoms with E-state index in [1.165, 1.54) is 30.1 Å². The van der Waals surface area contributed by atoms with Crippen molar-refractivity contribution in [3.63, 3.8) is 0 Å². The Labute approximate surface area is 147 Å². The highest BCUT2D eigenvalue weighted by Crippen LogP contribution is 2.29. The summed E-state index contributed by atoms with van der Waals surface area (Å²) in [4.78, 5) is 15.4. The Morgan fingerprint density at radius 1 is 1.25 bits per heavy atom. The molecule has 1 unspecified atom stereocenters. The number of rotatable bonds is 4. The first kappa shape index (κ1) is 16.1. The highest BCUT2D eigenvalue weighted by atomic mass is 32.1. The first-order valence-electron chi connectivity index (χ1n) is 8.76. The Balaban J connectivity index is 1.38. The Kier molecular flexibility index (Phi) is 4.82. The molecule has 4 rings (SSSR count). The lowest BCUT2D eigenvalue weighted by Gasteiger charge is -2.32. The molecule has 4 heterocycles. The number of piperidine rings is 1. The molecule has 0 saturated carbocycles. The minimum absolute atomic E-state index is 0.547. The molecule has 0 aromatic carbocycles. The predicted octanol–water partition coefficient (Wildman–Crippen LogP) is 2.09. The number of aryl methyl sites for hydroxylation is 1. The fourth-order valence-electron chi connectivity index (χ4n) is 3.67. The van der Waals surface area contributed by atoms with Gasteiger partial charge < -0.3 is 14.2 Å². The summed E-state index contributed by atoms with van der Waals surface area (Å²) >= 11 is 1.83. The van der Waals surface area contributed by atoms with Crippen LogP contribution < -0.4 is 4.90 Å². The third-order valence-electron chi connectivity index (χ3n) is 4.93. The van der Waals surface area contributed by atoms with E-state index in [9.17, 15) is 0 Å². The van der Waals surface area contributed by atoms with E-state index in [0.717, 1.165) is 44.5 Å². The largest absolute Gasteiger partial charge is 0.378 e. The molecular weight excluding hydrogens is 322 g/mol. The molecule has 2 aromatic heterocycles. The van der Waals surface area contributed by atoms with E-state index in [1.54, 1.807) is 0 Å². The number of nitrogens with zero attached hydrogens (tertiary/aromatic N) is 5. The van der Waals surface area contributed by atoms with Crippen molar-refractivity contribution >= 4 is 16.5 Å². The summed E-state index contributed by atoms with van der Waals surface area (Å²) in [6, 6.07) is 0. The highest BCUT2D eigenvalue weighted by molar-refractivity contribution is 7.15. The van der Waals surface area contributed by atoms with Gasteiger partial charge in [0.2, 0.25) is 0 Å². The van der Waals surface area contributed by atoms with Gasteiger partial charge >= 0.3 is 0 Å². The summed E-state index contributed by atoms with van der Waals surface area (Å²) in [6.45, 7) is 6.80. The molecule has 2 fully saturated rings. The third-order valence-corrected chi connectivity index (χ3v) is 5.97. The molecule has 7 heteroatoms. The van der Waals surface area contributed by atoms with Gasteiger partial charge in [0.05, 0.1) is 13.2 Å². The van der Waals surface area contributed by atoms with Crippen LogP contribution in [0.1, 0.15) is 29.5 Å². The first-order chi connectivity index (χ1) is 11.8. The van der Waals surface area contributed by atoms with Crippen LogP contribution in [0.2, 0.25) is 0 Å². The van der Waals surface area contributed by atoms with Crippen molar-refractivity contribution in [3.8, 4) is 0 Å². The summed E-state index contributed by atoms with van der Waals surface area (Å²) in [5, 5.41) is 1.14. The third kappa shape index (κ3) is 3.48. The van der Waals surface area contributed by atoms with Gasteiger partial charge in [0, 0.05) is 62.6 Å². The SMILES string of the molecule is Cn1ccnc1C1CCCN(Cc2cnc(N3CCOCC3)s2)C1. The summed E-state index contributed by atoms with van der Waals surface area (Å²) < 4.78 is 7.59. The van der Waals surface area contributed by atoms with Gasteiger partial charge in [-0.25, -0.2) is 9.97 Å². The fourth-order valence-corrected chi connectivity index (χ4v) is 4.68. The van der Waals surface area contributed by atoms with E-state index in [1.807, 2.05) is 23.7 Å². The van der Waals surface area contributed by atoms with Crippen molar-refractivity contribution in [2.24, 2.45) is 7.05 Å². The zero-order chi connectivity index (χ0) is 16.4. The van der Waals surface area contributed by atoms with Gasteiger partial charge in [0.25, 0.3) is 0 Å². The van der Waals surface area contributed by atoms with Gasteiger partial charge in [-0.1, -0.05) is 0 Å². The number of anilines is 1. The van der Waals surface area contributed by atoms with E-state index in [-0.39, 0.29) is 0 Å². The van der Waals surface area contributed by atoms with Crippen LogP contribution in [-0.2, 0) is 18.3 Å². The lowest BCUT2D eigenvalue weighted by atomic mass is 9.97. The van der Waals surface area contributed by atoms with E-state index >= 15 is 0 Å². The van der Waals surface area contributed by atoms with E-state index in [0.29, 0.717) is 5.92 Å². The van der Waals surface area contributed by atoms with Crippen LogP contribution in [0.5, 0.6) is 0 Å². The smallest absolute Gasteiger partial charge is 0.185 e. The lowest BCUT2D eigenvalue weighted by Crippen LogP contribution is -2.36. The van der Waals surface area contributed by atoms with Crippen molar-refractivity contribution in [2.45, 2.75) is 25.3 Å². The average Bonchev–Trinajstić information content (AvgIpc) is 3.25. The Hall–Kier alpha value is -1.44. The molecular formula is C17H25N5OS. The number of likely N-dealkylation sites (tertiary alicyclic amines) is 1. The van der Waals surface area contributed by atoms with Crippen molar-refractivity contribution in [1.29, 1.82) is 0 Å². The number of thiazole rings is 1. The molecule has 130 valence electrons. The maximum Gasteiger partial charge on any atom is 0.185 e. The lowest BCUT2D eigenvalue weighted by molar-refractivity contribution is 0.122. The van der Waals surface area contributed by atoms with Crippen LogP contribution in [0, 0.1) is 0 Å². The molecule has 2 aliphatic heterocycles. The number of hydrogen-bond donors (Lipinski definition) is 0. The molecule has 2 aromatic rings. The molecule has 0 amide bonds. The maximum atomic E-state index is 5.43. The summed E-state index contributed by atoms with van der Waals surface area (Å²) in [7, 11) is 2.10. The Morgan fingerprint density at radius 3 is 2.92 bits per heavy atom. The fraction of sp³-hybridized carbons (Fsp3) is 0.647. The van der Waals surface area contributed by atoms with Crippen LogP contribution in [0.15, 0.2) is 18.6 Å². The van der Waals surface area contributed by atoms with Crippen molar-refractivity contribution in [2.75, 3.05) is 44.3 Å². The van der Waals surface area contributed by atoms with Crippen LogP contribution in [0.25, 0.3) is 0 Å². The minimum atomic E-state index is 0.547. The van der Waals surface area contributed by atoms with Crippen LogP contribution in [-0.4, -0.2) is 58.8 Å². The monoisotopic (exact) mass is 347 g/mol. The van der Waals surface area contributed by atoms with Crippen molar-refractivity contribution < 1.29 is 4.74 Å². The molecule has 6 nitrogen and oxygen atoms in total. The minimum Gasteiger partial charge on any atom is -0.378 e. The van der Waals surface area contributed by atoms with Gasteiger partial charge in [0.15, 0.2) is 5.13 Å². The van der Waals surface area contributed by atoms with Gasteiger partial charge in [-0.05, 0) is 19.4 Å². The van der Waals surface area contributed by atoms with Crippen molar-refractivity contribution in [3.05, 3.63) is 29.3 Å². The zero-order valence-corrected chi connectivity index (χ0v) is 15.0. The van der Waals surface area contributed by atoms with E-state index in [2.05, 4.69) is 37.6 Å². The highest BCUT2D eigenvalue weighted by Gasteiger charge is 2.24. The summed E-state index contributed by atoms with van der Waals surface area (Å²) in [6.07, 6.45) is 8.49. The molecule has 24 heavy (non-hydrogen) atoms. The molecule has 0 radical (unpaired) electrons. The topological polar surface area (TPSA) is 46.4 Å². The van der Waals surface area contributed by atoms with E-state index in [4.69, 9.17) is 4.74 Å². The second-order valence-corrected chi connectivity index (χ2v) is 7.77. The van der Waals surface area contributed by atoms with Gasteiger partial charge in [-0.3, -0.25) is 4.90 Å². The second kappa shape index (κ2) is 7.21. The maximum absolute atomic E-state index is 5.43. The van der Waals surface area contributed by atoms with Gasteiger partial charge in [-0.2, -0.15) is 0 Å². The Bertz CT molecular complexity index is 663. The molecule has 2 saturated heterocycles. The first-order valence-corrected chi connectivity index (χ1v) is 9.58. The van der Waals surface area contributed by atoms with Gasteiger partial charge in [-0.15, -0.1) is 11.3 Å². The quantitative estimate of drug-likeness (QED) is 0.847. The van der Waals surface area contributed by atoms with Gasteiger partial charge in [0.1, 0.15) is 5.82 Å². The average molecular weight is 347 g/mol. The molecule has 0 aliphatic carbocycles. The number of hydrogen-bond acceptors (Lipinski definition) is 6. The normalized spacial score (nSPS) is 22.9. The standard InChI is InChI=1S/C17H25N5OS/c1-20-6-4-18-16(20)14-3-2-5-21(12-14)13-15-11-19-17(24-15)22-7-9-23-10-8-22/h4,6,11,14H,2-3,5,7-10,12-13H2,1H3. The summed E-state index contributed by atoms with van der Waals surface area (Å²) in [5.74, 6) is 1.77. The van der Waals surface area contributed by atoms with E-state index < -0.39 is 0 Å². The number of morpholine rings is 1. The zero-order valence-electron chi connectivity index (χ0n) is 14.2. The molecule has 0 N–H and O–H groups in total. The predicted molar refractivity (Wildman–Crippen MR) is 95.6 cm³/mol. The molecule has 1 atom stereocenters. The molecule has 2 aliphatic rings. The van der Waals surface area contributed by atoms with Crippen LogP contribution >= 0.6 is 11.3 Å². The van der Waals surface area contributed by atoms with Crippen molar-refractivity contribution in [1.82, 2.24) is 19.4 Å². The number of imidazole rings is 1. The second-order valence-electron chi connectivity index (χ2n) is 6.68.